The SMILES string of the molecule is C[C@H](O)c1cc(Cl)ccc1OCCC1CCCCN1C. The molecule has 1 aromatic carbocycles. The lowest BCUT2D eigenvalue weighted by molar-refractivity contribution is 0.149. The molecule has 1 aliphatic heterocycles. The number of likely N-dealkylation sites (tertiary alicyclic amines) is 1. The average Bonchev–Trinajstić information content (AvgIpc) is 2.42. The van der Waals surface area contributed by atoms with Gasteiger partial charge in [0.25, 0.3) is 0 Å². The van der Waals surface area contributed by atoms with Gasteiger partial charge < -0.3 is 14.7 Å². The van der Waals surface area contributed by atoms with Crippen LogP contribution in [0.3, 0.4) is 0 Å². The van der Waals surface area contributed by atoms with Gasteiger partial charge in [-0.2, -0.15) is 0 Å². The lowest BCUT2D eigenvalue weighted by atomic mass is 10.0. The van der Waals surface area contributed by atoms with Crippen molar-refractivity contribution in [1.29, 1.82) is 0 Å². The van der Waals surface area contributed by atoms with Gasteiger partial charge in [-0.25, -0.2) is 0 Å². The summed E-state index contributed by atoms with van der Waals surface area (Å²) in [6, 6.07) is 6.03. The van der Waals surface area contributed by atoms with Crippen molar-refractivity contribution in [3.8, 4) is 5.75 Å². The van der Waals surface area contributed by atoms with E-state index in [4.69, 9.17) is 16.3 Å². The molecular formula is C16H24ClNO2. The van der Waals surface area contributed by atoms with Gasteiger partial charge >= 0.3 is 0 Å². The fraction of sp³-hybridized carbons (Fsp3) is 0.625. The second-order valence-corrected chi connectivity index (χ2v) is 6.06. The van der Waals surface area contributed by atoms with Crippen LogP contribution in [0.5, 0.6) is 5.75 Å². The molecule has 112 valence electrons. The van der Waals surface area contributed by atoms with Crippen molar-refractivity contribution >= 4 is 11.6 Å². The number of hydrogen-bond donors (Lipinski definition) is 1. The zero-order chi connectivity index (χ0) is 14.5. The van der Waals surface area contributed by atoms with Crippen LogP contribution in [0, 0.1) is 0 Å². The molecule has 1 unspecified atom stereocenters. The van der Waals surface area contributed by atoms with Crippen LogP contribution in [0.15, 0.2) is 18.2 Å². The third kappa shape index (κ3) is 4.11. The quantitative estimate of drug-likeness (QED) is 0.900. The summed E-state index contributed by atoms with van der Waals surface area (Å²) in [6.45, 7) is 3.59. The molecule has 0 aromatic heterocycles. The average molecular weight is 298 g/mol. The summed E-state index contributed by atoms with van der Waals surface area (Å²) in [5.74, 6) is 0.739. The Labute approximate surface area is 126 Å². The van der Waals surface area contributed by atoms with Gasteiger partial charge in [0.2, 0.25) is 0 Å². The molecule has 0 aliphatic carbocycles. The van der Waals surface area contributed by atoms with Crippen LogP contribution in [-0.2, 0) is 0 Å². The highest BCUT2D eigenvalue weighted by Gasteiger charge is 2.19. The van der Waals surface area contributed by atoms with E-state index < -0.39 is 6.10 Å². The molecule has 1 heterocycles. The van der Waals surface area contributed by atoms with E-state index in [2.05, 4.69) is 11.9 Å². The van der Waals surface area contributed by atoms with E-state index in [1.807, 2.05) is 6.07 Å². The van der Waals surface area contributed by atoms with E-state index in [0.717, 1.165) is 17.7 Å². The van der Waals surface area contributed by atoms with Gasteiger partial charge in [-0.1, -0.05) is 18.0 Å². The molecule has 0 amide bonds. The van der Waals surface area contributed by atoms with Crippen LogP contribution in [0.4, 0.5) is 0 Å². The van der Waals surface area contributed by atoms with Crippen LogP contribution in [0.1, 0.15) is 44.3 Å². The maximum atomic E-state index is 9.77. The number of nitrogens with zero attached hydrogens (tertiary/aromatic N) is 1. The number of aliphatic hydroxyl groups excluding tert-OH is 1. The molecule has 4 heteroatoms. The van der Waals surface area contributed by atoms with E-state index in [-0.39, 0.29) is 0 Å². The molecule has 3 nitrogen and oxygen atoms in total. The second kappa shape index (κ2) is 7.30. The van der Waals surface area contributed by atoms with E-state index in [1.165, 1.54) is 25.8 Å². The number of benzene rings is 1. The van der Waals surface area contributed by atoms with Crippen LogP contribution in [-0.4, -0.2) is 36.2 Å². The van der Waals surface area contributed by atoms with Crippen molar-refractivity contribution in [3.05, 3.63) is 28.8 Å². The smallest absolute Gasteiger partial charge is 0.125 e. The Morgan fingerprint density at radius 1 is 1.45 bits per heavy atom. The Hall–Kier alpha value is -0.770. The number of aliphatic hydroxyl groups is 1. The highest BCUT2D eigenvalue weighted by molar-refractivity contribution is 6.30. The van der Waals surface area contributed by atoms with Crippen LogP contribution >= 0.6 is 11.6 Å². The molecule has 2 rings (SSSR count). The molecule has 1 aromatic rings. The first-order chi connectivity index (χ1) is 9.58. The summed E-state index contributed by atoms with van der Waals surface area (Å²) in [6.07, 6.45) is 4.33. The first-order valence-electron chi connectivity index (χ1n) is 7.38. The predicted molar refractivity (Wildman–Crippen MR) is 82.5 cm³/mol. The minimum Gasteiger partial charge on any atom is -0.493 e. The van der Waals surface area contributed by atoms with E-state index in [9.17, 15) is 5.11 Å². The minimum absolute atomic E-state index is 0.568. The summed E-state index contributed by atoms with van der Waals surface area (Å²) in [7, 11) is 2.19. The normalized spacial score (nSPS) is 21.7. The molecule has 2 atom stereocenters. The van der Waals surface area contributed by atoms with E-state index in [1.54, 1.807) is 19.1 Å². The second-order valence-electron chi connectivity index (χ2n) is 5.63. The molecule has 1 N–H and O–H groups in total. The van der Waals surface area contributed by atoms with Gasteiger partial charge in [-0.3, -0.25) is 0 Å². The largest absolute Gasteiger partial charge is 0.493 e. The Morgan fingerprint density at radius 2 is 2.25 bits per heavy atom. The van der Waals surface area contributed by atoms with Gasteiger partial charge in [0.15, 0.2) is 0 Å². The van der Waals surface area contributed by atoms with Gasteiger partial charge in [0.1, 0.15) is 5.75 Å². The summed E-state index contributed by atoms with van der Waals surface area (Å²) in [4.78, 5) is 2.42. The summed E-state index contributed by atoms with van der Waals surface area (Å²) < 4.78 is 5.86. The lowest BCUT2D eigenvalue weighted by Gasteiger charge is -2.32. The highest BCUT2D eigenvalue weighted by Crippen LogP contribution is 2.28. The Kier molecular flexibility index (Phi) is 5.70. The predicted octanol–water partition coefficient (Wildman–Crippen LogP) is 3.65. The molecule has 1 saturated heterocycles. The fourth-order valence-corrected chi connectivity index (χ4v) is 2.97. The topological polar surface area (TPSA) is 32.7 Å². The summed E-state index contributed by atoms with van der Waals surface area (Å²) in [5.41, 5.74) is 0.759. The van der Waals surface area contributed by atoms with Gasteiger partial charge in [-0.15, -0.1) is 0 Å². The molecule has 0 bridgehead atoms. The molecule has 0 saturated carbocycles. The molecule has 0 spiro atoms. The Balaban J connectivity index is 1.90. The van der Waals surface area contributed by atoms with Crippen molar-refractivity contribution in [2.24, 2.45) is 0 Å². The maximum absolute atomic E-state index is 9.77. The van der Waals surface area contributed by atoms with Crippen molar-refractivity contribution in [2.45, 2.75) is 44.8 Å². The zero-order valence-corrected chi connectivity index (χ0v) is 13.1. The van der Waals surface area contributed by atoms with E-state index in [0.29, 0.717) is 17.7 Å². The zero-order valence-electron chi connectivity index (χ0n) is 12.3. The number of halogens is 1. The maximum Gasteiger partial charge on any atom is 0.125 e. The first kappa shape index (κ1) is 15.6. The first-order valence-corrected chi connectivity index (χ1v) is 7.76. The van der Waals surface area contributed by atoms with E-state index >= 15 is 0 Å². The monoisotopic (exact) mass is 297 g/mol. The highest BCUT2D eigenvalue weighted by atomic mass is 35.5. The number of ether oxygens (including phenoxy) is 1. The van der Waals surface area contributed by atoms with Gasteiger partial charge in [-0.05, 0) is 58.0 Å². The third-order valence-electron chi connectivity index (χ3n) is 4.05. The Bertz CT molecular complexity index is 436. The standard InChI is InChI=1S/C16H24ClNO2/c1-12(19)15-11-13(17)6-7-16(15)20-10-8-14-5-3-4-9-18(14)2/h6-7,11-12,14,19H,3-5,8-10H2,1-2H3/t12-,14?/m0/s1. The minimum atomic E-state index is -0.568. The third-order valence-corrected chi connectivity index (χ3v) is 4.29. The van der Waals surface area contributed by atoms with Crippen molar-refractivity contribution in [3.63, 3.8) is 0 Å². The van der Waals surface area contributed by atoms with Crippen LogP contribution in [0.25, 0.3) is 0 Å². The summed E-state index contributed by atoms with van der Waals surface area (Å²) in [5, 5.41) is 10.4. The lowest BCUT2D eigenvalue weighted by Crippen LogP contribution is -2.37. The van der Waals surface area contributed by atoms with Crippen LogP contribution < -0.4 is 4.74 Å². The van der Waals surface area contributed by atoms with Gasteiger partial charge in [0.05, 0.1) is 12.7 Å². The molecule has 1 aliphatic rings. The number of piperidine rings is 1. The summed E-state index contributed by atoms with van der Waals surface area (Å²) >= 11 is 5.96. The Morgan fingerprint density at radius 3 is 2.95 bits per heavy atom. The molecule has 20 heavy (non-hydrogen) atoms. The fourth-order valence-electron chi connectivity index (χ4n) is 2.79. The number of hydrogen-bond acceptors (Lipinski definition) is 3. The molecule has 0 radical (unpaired) electrons. The molecule has 1 fully saturated rings. The van der Waals surface area contributed by atoms with Crippen molar-refractivity contribution < 1.29 is 9.84 Å². The van der Waals surface area contributed by atoms with Crippen LogP contribution in [0.2, 0.25) is 5.02 Å². The number of rotatable bonds is 5. The van der Waals surface area contributed by atoms with Gasteiger partial charge in [0, 0.05) is 16.6 Å². The van der Waals surface area contributed by atoms with Crippen molar-refractivity contribution in [2.75, 3.05) is 20.2 Å². The van der Waals surface area contributed by atoms with Crippen molar-refractivity contribution in [1.82, 2.24) is 4.90 Å². The molecular weight excluding hydrogens is 274 g/mol.